The van der Waals surface area contributed by atoms with Gasteiger partial charge in [-0.25, -0.2) is 9.97 Å². The molecule has 1 saturated heterocycles. The number of hydrogen-bond donors (Lipinski definition) is 1. The van der Waals surface area contributed by atoms with Crippen molar-refractivity contribution in [2.45, 2.75) is 44.6 Å². The van der Waals surface area contributed by atoms with Crippen LogP contribution in [0.1, 0.15) is 44.3 Å². The fraction of sp³-hybridized carbons (Fsp3) is 0.625. The van der Waals surface area contributed by atoms with Crippen LogP contribution in [-0.2, 0) is 11.8 Å². The van der Waals surface area contributed by atoms with Crippen molar-refractivity contribution in [2.75, 3.05) is 18.0 Å². The number of carbonyl (C=O) groups excluding carboxylic acids is 1. The molecule has 2 aromatic heterocycles. The molecule has 0 bridgehead atoms. The van der Waals surface area contributed by atoms with Crippen LogP contribution in [-0.4, -0.2) is 44.8 Å². The first-order valence-electron chi connectivity index (χ1n) is 8.39. The lowest BCUT2D eigenvalue weighted by Gasteiger charge is -2.34. The van der Waals surface area contributed by atoms with E-state index in [0.29, 0.717) is 12.5 Å². The third kappa shape index (κ3) is 2.34. The number of rotatable bonds is 2. The van der Waals surface area contributed by atoms with E-state index >= 15 is 0 Å². The molecule has 1 aliphatic carbocycles. The number of piperazine rings is 1. The Labute approximate surface area is 135 Å². The van der Waals surface area contributed by atoms with E-state index in [2.05, 4.69) is 15.3 Å². The van der Waals surface area contributed by atoms with Crippen molar-refractivity contribution in [1.29, 1.82) is 0 Å². The van der Waals surface area contributed by atoms with Crippen LogP contribution in [0.15, 0.2) is 6.20 Å². The number of carbonyl (C=O) groups is 1. The normalized spacial score (nSPS) is 22.8. The summed E-state index contributed by atoms with van der Waals surface area (Å²) in [5, 5.41) is 8.19. The molecule has 7 heteroatoms. The standard InChI is InChI=1S/C16H22N6O/c1-10-16(23)17-7-8-22(10)15-12-9-18-21(2)14(12)19-13(20-15)11-5-3-4-6-11/h9-11H,3-8H2,1-2H3,(H,17,23)/t10-/m0/s1. The fourth-order valence-corrected chi connectivity index (χ4v) is 3.68. The van der Waals surface area contributed by atoms with Crippen LogP contribution >= 0.6 is 0 Å². The minimum absolute atomic E-state index is 0.0503. The van der Waals surface area contributed by atoms with Crippen molar-refractivity contribution in [1.82, 2.24) is 25.1 Å². The Hall–Kier alpha value is -2.18. The highest BCUT2D eigenvalue weighted by atomic mass is 16.2. The van der Waals surface area contributed by atoms with E-state index in [1.165, 1.54) is 12.8 Å². The van der Waals surface area contributed by atoms with Gasteiger partial charge in [-0.15, -0.1) is 0 Å². The number of nitrogens with one attached hydrogen (secondary N) is 1. The third-order valence-corrected chi connectivity index (χ3v) is 5.08. The van der Waals surface area contributed by atoms with Gasteiger partial charge in [0.05, 0.1) is 11.6 Å². The highest BCUT2D eigenvalue weighted by Gasteiger charge is 2.30. The Balaban J connectivity index is 1.85. The largest absolute Gasteiger partial charge is 0.353 e. The zero-order chi connectivity index (χ0) is 16.0. The summed E-state index contributed by atoms with van der Waals surface area (Å²) < 4.78 is 1.80. The number of nitrogens with zero attached hydrogens (tertiary/aromatic N) is 5. The van der Waals surface area contributed by atoms with Crippen LogP contribution in [0, 0.1) is 0 Å². The highest BCUT2D eigenvalue weighted by molar-refractivity contribution is 5.92. The zero-order valence-corrected chi connectivity index (χ0v) is 13.6. The second kappa shape index (κ2) is 5.47. The molecule has 2 aromatic rings. The Morgan fingerprint density at radius 3 is 2.83 bits per heavy atom. The van der Waals surface area contributed by atoms with Gasteiger partial charge in [-0.3, -0.25) is 9.48 Å². The quantitative estimate of drug-likeness (QED) is 0.905. The monoisotopic (exact) mass is 314 g/mol. The van der Waals surface area contributed by atoms with Crippen LogP contribution in [0.2, 0.25) is 0 Å². The third-order valence-electron chi connectivity index (χ3n) is 5.08. The van der Waals surface area contributed by atoms with Crippen molar-refractivity contribution >= 4 is 22.8 Å². The number of amides is 1. The van der Waals surface area contributed by atoms with E-state index in [0.717, 1.165) is 42.1 Å². The molecule has 0 radical (unpaired) electrons. The van der Waals surface area contributed by atoms with Crippen molar-refractivity contribution in [3.05, 3.63) is 12.0 Å². The lowest BCUT2D eigenvalue weighted by Crippen LogP contribution is -2.54. The van der Waals surface area contributed by atoms with Crippen molar-refractivity contribution in [2.24, 2.45) is 7.05 Å². The Morgan fingerprint density at radius 1 is 1.26 bits per heavy atom. The van der Waals surface area contributed by atoms with E-state index in [-0.39, 0.29) is 11.9 Å². The van der Waals surface area contributed by atoms with Gasteiger partial charge in [-0.2, -0.15) is 5.10 Å². The van der Waals surface area contributed by atoms with Gasteiger partial charge in [-0.05, 0) is 19.8 Å². The first kappa shape index (κ1) is 14.4. The van der Waals surface area contributed by atoms with E-state index < -0.39 is 0 Å². The maximum Gasteiger partial charge on any atom is 0.242 e. The molecular weight excluding hydrogens is 292 g/mol. The predicted molar refractivity (Wildman–Crippen MR) is 87.3 cm³/mol. The Kier molecular flexibility index (Phi) is 3.43. The topological polar surface area (TPSA) is 75.9 Å². The summed E-state index contributed by atoms with van der Waals surface area (Å²) in [5.74, 6) is 2.25. The van der Waals surface area contributed by atoms with Gasteiger partial charge in [0.1, 0.15) is 17.7 Å². The van der Waals surface area contributed by atoms with Gasteiger partial charge in [0.2, 0.25) is 5.91 Å². The maximum atomic E-state index is 12.0. The van der Waals surface area contributed by atoms with Gasteiger partial charge in [0.15, 0.2) is 5.65 Å². The summed E-state index contributed by atoms with van der Waals surface area (Å²) >= 11 is 0. The summed E-state index contributed by atoms with van der Waals surface area (Å²) in [6.45, 7) is 3.33. The zero-order valence-electron chi connectivity index (χ0n) is 13.6. The maximum absolute atomic E-state index is 12.0. The lowest BCUT2D eigenvalue weighted by atomic mass is 10.1. The summed E-state index contributed by atoms with van der Waals surface area (Å²) in [6.07, 6.45) is 6.60. The molecule has 2 aliphatic rings. The Morgan fingerprint density at radius 2 is 2.04 bits per heavy atom. The molecule has 0 unspecified atom stereocenters. The predicted octanol–water partition coefficient (Wildman–Crippen LogP) is 1.35. The summed E-state index contributed by atoms with van der Waals surface area (Å²) in [7, 11) is 1.91. The fourth-order valence-electron chi connectivity index (χ4n) is 3.68. The van der Waals surface area contributed by atoms with Crippen molar-refractivity contribution < 1.29 is 4.79 Å². The molecule has 3 heterocycles. The van der Waals surface area contributed by atoms with Crippen LogP contribution in [0.3, 0.4) is 0 Å². The van der Waals surface area contributed by atoms with Crippen LogP contribution in [0.5, 0.6) is 0 Å². The average Bonchev–Trinajstić information content (AvgIpc) is 3.20. The van der Waals surface area contributed by atoms with Crippen LogP contribution < -0.4 is 10.2 Å². The molecule has 0 spiro atoms. The minimum Gasteiger partial charge on any atom is -0.353 e. The van der Waals surface area contributed by atoms with Crippen LogP contribution in [0.25, 0.3) is 11.0 Å². The lowest BCUT2D eigenvalue weighted by molar-refractivity contribution is -0.122. The summed E-state index contributed by atoms with van der Waals surface area (Å²) in [5.41, 5.74) is 0.857. The SMILES string of the molecule is C[C@H]1C(=O)NCCN1c1nc(C2CCCC2)nc2c1cnn2C. The summed E-state index contributed by atoms with van der Waals surface area (Å²) in [6, 6.07) is -0.224. The van der Waals surface area contributed by atoms with E-state index in [9.17, 15) is 4.79 Å². The van der Waals surface area contributed by atoms with Gasteiger partial charge >= 0.3 is 0 Å². The molecule has 122 valence electrons. The molecule has 4 rings (SSSR count). The molecular formula is C16H22N6O. The van der Waals surface area contributed by atoms with E-state index in [1.807, 2.05) is 20.2 Å². The first-order valence-corrected chi connectivity index (χ1v) is 8.39. The molecule has 2 fully saturated rings. The number of hydrogen-bond acceptors (Lipinski definition) is 5. The molecule has 1 aliphatic heterocycles. The van der Waals surface area contributed by atoms with Crippen molar-refractivity contribution in [3.8, 4) is 0 Å². The van der Waals surface area contributed by atoms with Crippen molar-refractivity contribution in [3.63, 3.8) is 0 Å². The smallest absolute Gasteiger partial charge is 0.242 e. The molecule has 23 heavy (non-hydrogen) atoms. The average molecular weight is 314 g/mol. The molecule has 0 aromatic carbocycles. The van der Waals surface area contributed by atoms with Gasteiger partial charge in [0, 0.05) is 26.1 Å². The van der Waals surface area contributed by atoms with Gasteiger partial charge in [-0.1, -0.05) is 12.8 Å². The molecule has 1 saturated carbocycles. The van der Waals surface area contributed by atoms with Gasteiger partial charge in [0.25, 0.3) is 0 Å². The minimum atomic E-state index is -0.224. The highest BCUT2D eigenvalue weighted by Crippen LogP contribution is 2.35. The molecule has 7 nitrogen and oxygen atoms in total. The van der Waals surface area contributed by atoms with Crippen LogP contribution in [0.4, 0.5) is 5.82 Å². The number of aryl methyl sites for hydroxylation is 1. The Bertz CT molecular complexity index is 748. The number of fused-ring (bicyclic) bond motifs is 1. The summed E-state index contributed by atoms with van der Waals surface area (Å²) in [4.78, 5) is 23.8. The second-order valence-electron chi connectivity index (χ2n) is 6.55. The molecule has 1 N–H and O–H groups in total. The van der Waals surface area contributed by atoms with Gasteiger partial charge < -0.3 is 10.2 Å². The molecule has 1 atom stereocenters. The first-order chi connectivity index (χ1) is 11.1. The van der Waals surface area contributed by atoms with E-state index in [1.54, 1.807) is 4.68 Å². The number of anilines is 1. The number of aromatic nitrogens is 4. The molecule has 1 amide bonds. The second-order valence-corrected chi connectivity index (χ2v) is 6.55. The van der Waals surface area contributed by atoms with E-state index in [4.69, 9.17) is 9.97 Å².